The van der Waals surface area contributed by atoms with Crippen LogP contribution in [0.1, 0.15) is 15.9 Å². The van der Waals surface area contributed by atoms with Crippen molar-refractivity contribution in [3.05, 3.63) is 47.5 Å². The third-order valence-electron chi connectivity index (χ3n) is 2.55. The van der Waals surface area contributed by atoms with E-state index in [0.29, 0.717) is 12.2 Å². The van der Waals surface area contributed by atoms with Crippen molar-refractivity contribution in [2.75, 3.05) is 0 Å². The summed E-state index contributed by atoms with van der Waals surface area (Å²) < 4.78 is 4.96. The van der Waals surface area contributed by atoms with E-state index in [2.05, 4.69) is 0 Å². The number of hydrogen-bond acceptors (Lipinski definition) is 2. The Labute approximate surface area is 81.1 Å². The first-order chi connectivity index (χ1) is 6.84. The largest absolute Gasteiger partial charge is 0.457 e. The molecule has 2 aromatic carbocycles. The summed E-state index contributed by atoms with van der Waals surface area (Å²) in [5, 5.41) is 2.25. The van der Waals surface area contributed by atoms with Crippen LogP contribution in [0.5, 0.6) is 0 Å². The average Bonchev–Trinajstić information content (AvgIpc) is 2.57. The fraction of sp³-hybridized carbons (Fsp3) is 0.0833. The lowest BCUT2D eigenvalue weighted by Crippen LogP contribution is -1.92. The van der Waals surface area contributed by atoms with E-state index in [-0.39, 0.29) is 5.97 Å². The minimum atomic E-state index is -0.203. The highest BCUT2D eigenvalue weighted by molar-refractivity contribution is 5.98. The van der Waals surface area contributed by atoms with Gasteiger partial charge in [0, 0.05) is 5.56 Å². The zero-order chi connectivity index (χ0) is 9.54. The predicted molar refractivity (Wildman–Crippen MR) is 53.1 cm³/mol. The quantitative estimate of drug-likeness (QED) is 0.588. The lowest BCUT2D eigenvalue weighted by atomic mass is 10.0. The molecule has 2 aromatic rings. The van der Waals surface area contributed by atoms with Crippen LogP contribution in [0.15, 0.2) is 36.4 Å². The molecular weight excluding hydrogens is 176 g/mol. The number of hydrogen-bond donors (Lipinski definition) is 0. The van der Waals surface area contributed by atoms with Crippen LogP contribution in [0, 0.1) is 0 Å². The maximum atomic E-state index is 11.3. The van der Waals surface area contributed by atoms with E-state index in [1.807, 2.05) is 36.4 Å². The topological polar surface area (TPSA) is 26.3 Å². The van der Waals surface area contributed by atoms with Gasteiger partial charge in [0.2, 0.25) is 0 Å². The van der Waals surface area contributed by atoms with Gasteiger partial charge in [0.05, 0.1) is 5.56 Å². The van der Waals surface area contributed by atoms with Crippen LogP contribution in [-0.4, -0.2) is 5.97 Å². The number of ether oxygens (including phenoxy) is 1. The molecule has 0 radical (unpaired) electrons. The van der Waals surface area contributed by atoms with Gasteiger partial charge < -0.3 is 4.74 Å². The summed E-state index contributed by atoms with van der Waals surface area (Å²) in [5.41, 5.74) is 1.71. The summed E-state index contributed by atoms with van der Waals surface area (Å²) in [6.45, 7) is 0.416. The Kier molecular flexibility index (Phi) is 1.39. The van der Waals surface area contributed by atoms with Crippen molar-refractivity contribution in [1.82, 2.24) is 0 Å². The molecule has 2 heteroatoms. The van der Waals surface area contributed by atoms with Crippen molar-refractivity contribution in [3.63, 3.8) is 0 Å². The molecule has 0 aromatic heterocycles. The average molecular weight is 184 g/mol. The number of carbonyl (C=O) groups excluding carboxylic acids is 1. The number of esters is 1. The second-order valence-corrected chi connectivity index (χ2v) is 3.43. The number of carbonyl (C=O) groups is 1. The van der Waals surface area contributed by atoms with Crippen molar-refractivity contribution < 1.29 is 9.53 Å². The molecule has 1 aliphatic heterocycles. The van der Waals surface area contributed by atoms with E-state index in [0.717, 1.165) is 16.3 Å². The minimum Gasteiger partial charge on any atom is -0.457 e. The van der Waals surface area contributed by atoms with Crippen molar-refractivity contribution >= 4 is 16.7 Å². The van der Waals surface area contributed by atoms with E-state index in [1.54, 1.807) is 0 Å². The SMILES string of the molecule is O=C1OCc2cc3ccccc3cc21. The Bertz CT molecular complexity index is 529. The van der Waals surface area contributed by atoms with E-state index in [1.165, 1.54) is 0 Å². The standard InChI is InChI=1S/C12H8O2/c13-12-11-6-9-4-2-1-3-8(9)5-10(11)7-14-12/h1-6H,7H2. The summed E-state index contributed by atoms with van der Waals surface area (Å²) in [5.74, 6) is -0.203. The lowest BCUT2D eigenvalue weighted by Gasteiger charge is -1.99. The second-order valence-electron chi connectivity index (χ2n) is 3.43. The molecule has 0 N–H and O–H groups in total. The van der Waals surface area contributed by atoms with Gasteiger partial charge in [-0.1, -0.05) is 24.3 Å². The van der Waals surface area contributed by atoms with Crippen molar-refractivity contribution in [1.29, 1.82) is 0 Å². The van der Waals surface area contributed by atoms with Crippen molar-refractivity contribution in [2.45, 2.75) is 6.61 Å². The Morgan fingerprint density at radius 2 is 1.79 bits per heavy atom. The van der Waals surface area contributed by atoms with Gasteiger partial charge in [-0.2, -0.15) is 0 Å². The molecule has 3 rings (SSSR count). The van der Waals surface area contributed by atoms with Gasteiger partial charge in [0.25, 0.3) is 0 Å². The summed E-state index contributed by atoms with van der Waals surface area (Å²) in [7, 11) is 0. The highest BCUT2D eigenvalue weighted by atomic mass is 16.5. The molecule has 0 saturated carbocycles. The van der Waals surface area contributed by atoms with Crippen molar-refractivity contribution in [2.24, 2.45) is 0 Å². The fourth-order valence-electron chi connectivity index (χ4n) is 1.82. The highest BCUT2D eigenvalue weighted by Gasteiger charge is 2.20. The van der Waals surface area contributed by atoms with Gasteiger partial charge in [-0.05, 0) is 22.9 Å². The van der Waals surface area contributed by atoms with Crippen LogP contribution in [0.3, 0.4) is 0 Å². The van der Waals surface area contributed by atoms with Crippen LogP contribution >= 0.6 is 0 Å². The first-order valence-corrected chi connectivity index (χ1v) is 4.53. The molecule has 0 aliphatic carbocycles. The second kappa shape index (κ2) is 2.58. The highest BCUT2D eigenvalue weighted by Crippen LogP contribution is 2.25. The van der Waals surface area contributed by atoms with Gasteiger partial charge in [-0.15, -0.1) is 0 Å². The van der Waals surface area contributed by atoms with E-state index in [9.17, 15) is 4.79 Å². The molecule has 0 bridgehead atoms. The Hall–Kier alpha value is -1.83. The molecule has 0 amide bonds. The monoisotopic (exact) mass is 184 g/mol. The Balaban J connectivity index is 2.38. The van der Waals surface area contributed by atoms with Gasteiger partial charge in [0.1, 0.15) is 6.61 Å². The van der Waals surface area contributed by atoms with Crippen molar-refractivity contribution in [3.8, 4) is 0 Å². The van der Waals surface area contributed by atoms with Crippen LogP contribution < -0.4 is 0 Å². The van der Waals surface area contributed by atoms with Gasteiger partial charge in [-0.3, -0.25) is 0 Å². The lowest BCUT2D eigenvalue weighted by molar-refractivity contribution is 0.0535. The first-order valence-electron chi connectivity index (χ1n) is 4.53. The number of benzene rings is 2. The maximum absolute atomic E-state index is 11.3. The Morgan fingerprint density at radius 1 is 1.07 bits per heavy atom. The molecule has 0 unspecified atom stereocenters. The molecule has 14 heavy (non-hydrogen) atoms. The maximum Gasteiger partial charge on any atom is 0.338 e. The minimum absolute atomic E-state index is 0.203. The van der Waals surface area contributed by atoms with Crippen LogP contribution in [0.2, 0.25) is 0 Å². The normalized spacial score (nSPS) is 14.1. The Morgan fingerprint density at radius 3 is 2.57 bits per heavy atom. The molecule has 0 spiro atoms. The number of fused-ring (bicyclic) bond motifs is 2. The molecule has 0 saturated heterocycles. The molecule has 0 fully saturated rings. The summed E-state index contributed by atoms with van der Waals surface area (Å²) >= 11 is 0. The molecular formula is C12H8O2. The smallest absolute Gasteiger partial charge is 0.338 e. The zero-order valence-corrected chi connectivity index (χ0v) is 7.49. The van der Waals surface area contributed by atoms with Crippen LogP contribution in [0.4, 0.5) is 0 Å². The predicted octanol–water partition coefficient (Wildman–Crippen LogP) is 2.51. The van der Waals surface area contributed by atoms with E-state index < -0.39 is 0 Å². The van der Waals surface area contributed by atoms with Crippen LogP contribution in [0.25, 0.3) is 10.8 Å². The fourth-order valence-corrected chi connectivity index (χ4v) is 1.82. The van der Waals surface area contributed by atoms with Gasteiger partial charge in [-0.25, -0.2) is 4.79 Å². The van der Waals surface area contributed by atoms with E-state index >= 15 is 0 Å². The molecule has 1 heterocycles. The molecule has 1 aliphatic rings. The molecule has 0 atom stereocenters. The molecule has 2 nitrogen and oxygen atoms in total. The summed E-state index contributed by atoms with van der Waals surface area (Å²) in [6.07, 6.45) is 0. The van der Waals surface area contributed by atoms with Gasteiger partial charge >= 0.3 is 5.97 Å². The molecule has 68 valence electrons. The number of cyclic esters (lactones) is 1. The summed E-state index contributed by atoms with van der Waals surface area (Å²) in [6, 6.07) is 11.9. The third-order valence-corrected chi connectivity index (χ3v) is 2.55. The third kappa shape index (κ3) is 0.940. The summed E-state index contributed by atoms with van der Waals surface area (Å²) in [4.78, 5) is 11.3. The zero-order valence-electron chi connectivity index (χ0n) is 7.49. The number of rotatable bonds is 0. The van der Waals surface area contributed by atoms with Gasteiger partial charge in [0.15, 0.2) is 0 Å². The van der Waals surface area contributed by atoms with Crippen LogP contribution in [-0.2, 0) is 11.3 Å². The van der Waals surface area contributed by atoms with E-state index in [4.69, 9.17) is 4.74 Å². The first kappa shape index (κ1) is 7.56.